The van der Waals surface area contributed by atoms with Crippen LogP contribution < -0.4 is 10.5 Å². The number of hydrogen-bond acceptors (Lipinski definition) is 4. The lowest BCUT2D eigenvalue weighted by Crippen LogP contribution is -2.24. The third-order valence-corrected chi connectivity index (χ3v) is 4.07. The quantitative estimate of drug-likeness (QED) is 0.861. The molecule has 0 fully saturated rings. The van der Waals surface area contributed by atoms with E-state index >= 15 is 0 Å². The third-order valence-electron chi connectivity index (χ3n) is 2.65. The van der Waals surface area contributed by atoms with Gasteiger partial charge in [-0.05, 0) is 6.07 Å². The van der Waals surface area contributed by atoms with Crippen LogP contribution in [0.3, 0.4) is 0 Å². The first-order valence-corrected chi connectivity index (χ1v) is 6.90. The fraction of sp³-hybridized carbons (Fsp3) is 0.182. The number of nitrogens with one attached hydrogen (secondary N) is 1. The molecule has 0 spiro atoms. The van der Waals surface area contributed by atoms with Crippen molar-refractivity contribution in [2.45, 2.75) is 11.4 Å². The largest absolute Gasteiger partial charge is 0.383 e. The number of hydrogen-bond donors (Lipinski definition) is 2. The molecule has 0 saturated heterocycles. The van der Waals surface area contributed by atoms with E-state index in [9.17, 15) is 12.8 Å². The Balaban J connectivity index is 2.19. The summed E-state index contributed by atoms with van der Waals surface area (Å²) in [6.07, 6.45) is 1.15. The smallest absolute Gasteiger partial charge is 0.246 e. The zero-order valence-corrected chi connectivity index (χ0v) is 11.0. The van der Waals surface area contributed by atoms with Crippen LogP contribution in [0.5, 0.6) is 0 Å². The molecule has 3 N–H and O–H groups in total. The van der Waals surface area contributed by atoms with Crippen LogP contribution in [0, 0.1) is 5.82 Å². The fourth-order valence-corrected chi connectivity index (χ4v) is 2.62. The van der Waals surface area contributed by atoms with E-state index in [1.165, 1.54) is 29.9 Å². The molecular weight excluding hydrogens is 271 g/mol. The highest BCUT2D eigenvalue weighted by Crippen LogP contribution is 2.16. The highest BCUT2D eigenvalue weighted by molar-refractivity contribution is 7.89. The summed E-state index contributed by atoms with van der Waals surface area (Å²) in [5, 5.41) is 3.75. The van der Waals surface area contributed by atoms with E-state index in [0.29, 0.717) is 0 Å². The normalized spacial score (nSPS) is 11.7. The van der Waals surface area contributed by atoms with Gasteiger partial charge in [0.05, 0.1) is 6.20 Å². The lowest BCUT2D eigenvalue weighted by atomic mass is 10.2. The monoisotopic (exact) mass is 284 g/mol. The lowest BCUT2D eigenvalue weighted by molar-refractivity contribution is 0.574. The molecule has 0 aliphatic heterocycles. The van der Waals surface area contributed by atoms with Crippen molar-refractivity contribution in [2.24, 2.45) is 7.05 Å². The van der Waals surface area contributed by atoms with Crippen molar-refractivity contribution < 1.29 is 12.8 Å². The molecule has 0 amide bonds. The predicted octanol–water partition coefficient (Wildman–Crippen LogP) is 0.620. The van der Waals surface area contributed by atoms with Crippen LogP contribution in [-0.2, 0) is 23.6 Å². The Morgan fingerprint density at radius 2 is 2.11 bits per heavy atom. The molecule has 0 aliphatic rings. The van der Waals surface area contributed by atoms with Crippen LogP contribution in [0.2, 0.25) is 0 Å². The average Bonchev–Trinajstić information content (AvgIpc) is 2.70. The number of nitrogens with zero attached hydrogens (tertiary/aromatic N) is 2. The van der Waals surface area contributed by atoms with E-state index in [1.807, 2.05) is 0 Å². The Kier molecular flexibility index (Phi) is 3.54. The molecule has 1 aromatic heterocycles. The molecule has 0 radical (unpaired) electrons. The van der Waals surface area contributed by atoms with Crippen molar-refractivity contribution >= 4 is 15.8 Å². The summed E-state index contributed by atoms with van der Waals surface area (Å²) >= 11 is 0. The third kappa shape index (κ3) is 2.74. The van der Waals surface area contributed by atoms with Gasteiger partial charge < -0.3 is 5.73 Å². The molecule has 102 valence electrons. The Morgan fingerprint density at radius 3 is 2.68 bits per heavy atom. The molecule has 2 rings (SSSR count). The molecule has 2 aromatic rings. The topological polar surface area (TPSA) is 90.0 Å². The van der Waals surface area contributed by atoms with Gasteiger partial charge in [0.1, 0.15) is 16.5 Å². The van der Waals surface area contributed by atoms with Gasteiger partial charge in [0.15, 0.2) is 0 Å². The van der Waals surface area contributed by atoms with E-state index in [2.05, 4.69) is 9.82 Å². The summed E-state index contributed by atoms with van der Waals surface area (Å²) in [5.74, 6) is -0.439. The van der Waals surface area contributed by atoms with Gasteiger partial charge >= 0.3 is 0 Å². The van der Waals surface area contributed by atoms with E-state index in [4.69, 9.17) is 5.73 Å². The van der Waals surface area contributed by atoms with Gasteiger partial charge in [-0.25, -0.2) is 17.5 Å². The lowest BCUT2D eigenvalue weighted by Gasteiger charge is -2.06. The summed E-state index contributed by atoms with van der Waals surface area (Å²) in [6.45, 7) is -0.149. The molecule has 6 nitrogen and oxygen atoms in total. The molecule has 0 atom stereocenters. The van der Waals surface area contributed by atoms with E-state index in [1.54, 1.807) is 6.07 Å². The molecule has 0 aliphatic carbocycles. The number of halogens is 1. The first-order chi connectivity index (χ1) is 8.92. The zero-order chi connectivity index (χ0) is 14.0. The summed E-state index contributed by atoms with van der Waals surface area (Å²) in [6, 6.07) is 5.93. The Bertz CT molecular complexity index is 696. The number of aryl methyl sites for hydroxylation is 1. The first kappa shape index (κ1) is 13.5. The summed E-state index contributed by atoms with van der Waals surface area (Å²) in [7, 11) is -2.28. The number of nitrogens with two attached hydrogens (primary N) is 1. The minimum Gasteiger partial charge on any atom is -0.383 e. The molecule has 19 heavy (non-hydrogen) atoms. The maximum Gasteiger partial charge on any atom is 0.246 e. The second kappa shape index (κ2) is 4.98. The van der Waals surface area contributed by atoms with Crippen LogP contribution in [0.15, 0.2) is 35.4 Å². The maximum absolute atomic E-state index is 13.4. The number of nitrogen functional groups attached to an aromatic ring is 1. The highest BCUT2D eigenvalue weighted by Gasteiger charge is 2.20. The Morgan fingerprint density at radius 1 is 1.42 bits per heavy atom. The summed E-state index contributed by atoms with van der Waals surface area (Å²) in [5.41, 5.74) is 5.85. The van der Waals surface area contributed by atoms with Crippen molar-refractivity contribution in [1.82, 2.24) is 14.5 Å². The van der Waals surface area contributed by atoms with Crippen molar-refractivity contribution in [3.05, 3.63) is 41.8 Å². The van der Waals surface area contributed by atoms with Crippen molar-refractivity contribution in [3.8, 4) is 0 Å². The molecule has 1 aromatic carbocycles. The number of aromatic nitrogens is 2. The summed E-state index contributed by atoms with van der Waals surface area (Å²) in [4.78, 5) is -0.119. The minimum absolute atomic E-state index is 0.0287. The SMILES string of the molecule is Cn1ncc(S(=O)(=O)NCc2ccccc2F)c1N. The standard InChI is InChI=1S/C11H13FN4O2S/c1-16-11(13)10(7-14-16)19(17,18)15-6-8-4-2-3-5-9(8)12/h2-5,7,15H,6,13H2,1H3. The maximum atomic E-state index is 13.4. The highest BCUT2D eigenvalue weighted by atomic mass is 32.2. The Labute approximate surface area is 110 Å². The van der Waals surface area contributed by atoms with Crippen LogP contribution in [0.4, 0.5) is 10.2 Å². The second-order valence-corrected chi connectivity index (χ2v) is 5.67. The van der Waals surface area contributed by atoms with Gasteiger partial charge in [0.25, 0.3) is 0 Å². The van der Waals surface area contributed by atoms with Crippen LogP contribution >= 0.6 is 0 Å². The van der Waals surface area contributed by atoms with Crippen LogP contribution in [0.1, 0.15) is 5.56 Å². The molecule has 0 unspecified atom stereocenters. The Hall–Kier alpha value is -1.93. The predicted molar refractivity (Wildman–Crippen MR) is 68.0 cm³/mol. The number of rotatable bonds is 4. The van der Waals surface area contributed by atoms with Gasteiger partial charge in [-0.15, -0.1) is 0 Å². The van der Waals surface area contributed by atoms with E-state index in [0.717, 1.165) is 6.20 Å². The van der Waals surface area contributed by atoms with Crippen molar-refractivity contribution in [3.63, 3.8) is 0 Å². The fourth-order valence-electron chi connectivity index (χ4n) is 1.53. The molecule has 1 heterocycles. The van der Waals surface area contributed by atoms with E-state index in [-0.39, 0.29) is 22.8 Å². The molecule has 0 bridgehead atoms. The first-order valence-electron chi connectivity index (χ1n) is 5.42. The van der Waals surface area contributed by atoms with Gasteiger partial charge in [-0.2, -0.15) is 5.10 Å². The van der Waals surface area contributed by atoms with Gasteiger partial charge in [-0.1, -0.05) is 18.2 Å². The van der Waals surface area contributed by atoms with Gasteiger partial charge in [-0.3, -0.25) is 4.68 Å². The minimum atomic E-state index is -3.81. The van der Waals surface area contributed by atoms with Gasteiger partial charge in [0.2, 0.25) is 10.0 Å². The van der Waals surface area contributed by atoms with E-state index < -0.39 is 15.8 Å². The number of benzene rings is 1. The van der Waals surface area contributed by atoms with Gasteiger partial charge in [0, 0.05) is 19.2 Å². The molecule has 0 saturated carbocycles. The van der Waals surface area contributed by atoms with Crippen LogP contribution in [0.25, 0.3) is 0 Å². The summed E-state index contributed by atoms with van der Waals surface area (Å²) < 4.78 is 40.9. The molecule has 8 heteroatoms. The second-order valence-electron chi connectivity index (χ2n) is 3.93. The molecular formula is C11H13FN4O2S. The van der Waals surface area contributed by atoms with Crippen LogP contribution in [-0.4, -0.2) is 18.2 Å². The number of sulfonamides is 1. The number of anilines is 1. The van der Waals surface area contributed by atoms with Crippen molar-refractivity contribution in [2.75, 3.05) is 5.73 Å². The zero-order valence-electron chi connectivity index (χ0n) is 10.2. The van der Waals surface area contributed by atoms with Crippen molar-refractivity contribution in [1.29, 1.82) is 0 Å². The average molecular weight is 284 g/mol.